The highest BCUT2D eigenvalue weighted by Gasteiger charge is 2.11. The maximum absolute atomic E-state index is 13.0. The largest absolute Gasteiger partial charge is 0.324 e. The van der Waals surface area contributed by atoms with Gasteiger partial charge in [-0.2, -0.15) is 0 Å². The second-order valence-electron chi connectivity index (χ2n) is 4.56. The maximum atomic E-state index is 13.0. The number of aromatic nitrogens is 1. The van der Waals surface area contributed by atoms with Gasteiger partial charge in [-0.25, -0.2) is 4.39 Å². The van der Waals surface area contributed by atoms with Crippen LogP contribution in [0.4, 0.5) is 4.39 Å². The standard InChI is InChI=1S/C15H17FN2/c1-10-8-13(16)6-5-12(10)9-15(17)14-4-3-7-18-11(14)2/h3-8,15H,9,17H2,1-2H3. The molecule has 2 rings (SSSR count). The van der Waals surface area contributed by atoms with E-state index < -0.39 is 0 Å². The van der Waals surface area contributed by atoms with Crippen molar-refractivity contribution < 1.29 is 4.39 Å². The SMILES string of the molecule is Cc1cc(F)ccc1CC(N)c1cccnc1C. The van der Waals surface area contributed by atoms with Gasteiger partial charge in [-0.15, -0.1) is 0 Å². The number of aryl methyl sites for hydroxylation is 2. The molecule has 0 amide bonds. The van der Waals surface area contributed by atoms with Crippen molar-refractivity contribution in [2.45, 2.75) is 26.3 Å². The summed E-state index contributed by atoms with van der Waals surface area (Å²) in [5, 5.41) is 0. The molecule has 0 radical (unpaired) electrons. The highest BCUT2D eigenvalue weighted by atomic mass is 19.1. The molecule has 94 valence electrons. The molecule has 1 heterocycles. The maximum Gasteiger partial charge on any atom is 0.123 e. The van der Waals surface area contributed by atoms with Crippen LogP contribution in [0.25, 0.3) is 0 Å². The first-order valence-electron chi connectivity index (χ1n) is 6.00. The van der Waals surface area contributed by atoms with Crippen LogP contribution in [-0.2, 0) is 6.42 Å². The monoisotopic (exact) mass is 244 g/mol. The normalized spacial score (nSPS) is 12.4. The molecule has 1 aromatic heterocycles. The van der Waals surface area contributed by atoms with Gasteiger partial charge < -0.3 is 5.73 Å². The van der Waals surface area contributed by atoms with Crippen LogP contribution in [0.5, 0.6) is 0 Å². The molecule has 0 aliphatic heterocycles. The second kappa shape index (κ2) is 5.27. The van der Waals surface area contributed by atoms with Crippen LogP contribution in [0.1, 0.15) is 28.4 Å². The van der Waals surface area contributed by atoms with Crippen LogP contribution in [0, 0.1) is 19.7 Å². The van der Waals surface area contributed by atoms with E-state index in [-0.39, 0.29) is 11.9 Å². The van der Waals surface area contributed by atoms with Crippen molar-refractivity contribution in [3.63, 3.8) is 0 Å². The van der Waals surface area contributed by atoms with E-state index in [0.29, 0.717) is 6.42 Å². The van der Waals surface area contributed by atoms with Crippen molar-refractivity contribution in [2.24, 2.45) is 5.73 Å². The average molecular weight is 244 g/mol. The van der Waals surface area contributed by atoms with Crippen molar-refractivity contribution in [3.8, 4) is 0 Å². The van der Waals surface area contributed by atoms with E-state index in [0.717, 1.165) is 22.4 Å². The van der Waals surface area contributed by atoms with Gasteiger partial charge in [0.05, 0.1) is 0 Å². The number of benzene rings is 1. The van der Waals surface area contributed by atoms with Gasteiger partial charge in [0.1, 0.15) is 5.82 Å². The Balaban J connectivity index is 2.21. The number of hydrogen-bond donors (Lipinski definition) is 1. The van der Waals surface area contributed by atoms with Crippen LogP contribution in [0.3, 0.4) is 0 Å². The molecule has 1 aromatic carbocycles. The number of nitrogens with two attached hydrogens (primary N) is 1. The average Bonchev–Trinajstić information content (AvgIpc) is 2.33. The van der Waals surface area contributed by atoms with Gasteiger partial charge in [-0.1, -0.05) is 12.1 Å². The number of pyridine rings is 1. The lowest BCUT2D eigenvalue weighted by Gasteiger charge is -2.15. The van der Waals surface area contributed by atoms with Crippen LogP contribution < -0.4 is 5.73 Å². The zero-order chi connectivity index (χ0) is 13.1. The molecule has 18 heavy (non-hydrogen) atoms. The van der Waals surface area contributed by atoms with Crippen LogP contribution >= 0.6 is 0 Å². The Morgan fingerprint density at radius 2 is 2.06 bits per heavy atom. The lowest BCUT2D eigenvalue weighted by atomic mass is 9.96. The first-order valence-corrected chi connectivity index (χ1v) is 6.00. The molecule has 0 saturated carbocycles. The lowest BCUT2D eigenvalue weighted by molar-refractivity contribution is 0.623. The second-order valence-corrected chi connectivity index (χ2v) is 4.56. The molecule has 2 N–H and O–H groups in total. The van der Waals surface area contributed by atoms with E-state index in [1.807, 2.05) is 26.0 Å². The Morgan fingerprint density at radius 3 is 2.72 bits per heavy atom. The fraction of sp³-hybridized carbons (Fsp3) is 0.267. The third-order valence-electron chi connectivity index (χ3n) is 3.19. The molecule has 0 saturated heterocycles. The van der Waals surface area contributed by atoms with Crippen molar-refractivity contribution in [2.75, 3.05) is 0 Å². The van der Waals surface area contributed by atoms with Gasteiger partial charge in [0.25, 0.3) is 0 Å². The number of rotatable bonds is 3. The summed E-state index contributed by atoms with van der Waals surface area (Å²) in [5.74, 6) is -0.206. The van der Waals surface area contributed by atoms with Crippen molar-refractivity contribution >= 4 is 0 Å². The molecule has 0 bridgehead atoms. The first kappa shape index (κ1) is 12.7. The Labute approximate surface area is 107 Å². The van der Waals surface area contributed by atoms with Crippen molar-refractivity contribution in [1.29, 1.82) is 0 Å². The summed E-state index contributed by atoms with van der Waals surface area (Å²) in [7, 11) is 0. The zero-order valence-corrected chi connectivity index (χ0v) is 10.7. The Kier molecular flexibility index (Phi) is 3.72. The molecule has 0 spiro atoms. The lowest BCUT2D eigenvalue weighted by Crippen LogP contribution is -2.15. The van der Waals surface area contributed by atoms with Crippen LogP contribution in [0.15, 0.2) is 36.5 Å². The summed E-state index contributed by atoms with van der Waals surface area (Å²) < 4.78 is 13.0. The summed E-state index contributed by atoms with van der Waals surface area (Å²) in [6, 6.07) is 8.59. The predicted octanol–water partition coefficient (Wildman–Crippen LogP) is 3.08. The summed E-state index contributed by atoms with van der Waals surface area (Å²) in [5.41, 5.74) is 10.2. The summed E-state index contributed by atoms with van der Waals surface area (Å²) >= 11 is 0. The highest BCUT2D eigenvalue weighted by molar-refractivity contribution is 5.30. The molecular formula is C15H17FN2. The zero-order valence-electron chi connectivity index (χ0n) is 10.7. The minimum Gasteiger partial charge on any atom is -0.324 e. The molecule has 0 fully saturated rings. The van der Waals surface area contributed by atoms with Gasteiger partial charge in [0.2, 0.25) is 0 Å². The molecule has 0 aliphatic carbocycles. The molecule has 2 nitrogen and oxygen atoms in total. The summed E-state index contributed by atoms with van der Waals surface area (Å²) in [6.45, 7) is 3.86. The highest BCUT2D eigenvalue weighted by Crippen LogP contribution is 2.20. The summed E-state index contributed by atoms with van der Waals surface area (Å²) in [4.78, 5) is 4.24. The Bertz CT molecular complexity index is 552. The summed E-state index contributed by atoms with van der Waals surface area (Å²) in [6.07, 6.45) is 2.45. The first-order chi connectivity index (χ1) is 8.58. The van der Waals surface area contributed by atoms with E-state index in [4.69, 9.17) is 5.73 Å². The Morgan fingerprint density at radius 1 is 1.28 bits per heavy atom. The third kappa shape index (κ3) is 2.74. The van der Waals surface area contributed by atoms with Crippen LogP contribution in [-0.4, -0.2) is 4.98 Å². The number of nitrogens with zero attached hydrogens (tertiary/aromatic N) is 1. The minimum absolute atomic E-state index is 0.108. The number of halogens is 1. The quantitative estimate of drug-likeness (QED) is 0.901. The Hall–Kier alpha value is -1.74. The predicted molar refractivity (Wildman–Crippen MR) is 70.7 cm³/mol. The molecule has 0 aliphatic rings. The number of hydrogen-bond acceptors (Lipinski definition) is 2. The van der Waals surface area contributed by atoms with Crippen molar-refractivity contribution in [3.05, 3.63) is 64.7 Å². The van der Waals surface area contributed by atoms with E-state index in [1.165, 1.54) is 12.1 Å². The van der Waals surface area contributed by atoms with Gasteiger partial charge in [0, 0.05) is 17.9 Å². The minimum atomic E-state index is -0.206. The van der Waals surface area contributed by atoms with Gasteiger partial charge in [0.15, 0.2) is 0 Å². The van der Waals surface area contributed by atoms with E-state index in [1.54, 1.807) is 12.3 Å². The molecule has 3 heteroatoms. The third-order valence-corrected chi connectivity index (χ3v) is 3.19. The molecular weight excluding hydrogens is 227 g/mol. The van der Waals surface area contributed by atoms with Gasteiger partial charge in [-0.05, 0) is 55.2 Å². The van der Waals surface area contributed by atoms with E-state index in [2.05, 4.69) is 4.98 Å². The molecule has 2 aromatic rings. The molecule has 1 atom stereocenters. The van der Waals surface area contributed by atoms with Gasteiger partial charge >= 0.3 is 0 Å². The van der Waals surface area contributed by atoms with Crippen LogP contribution in [0.2, 0.25) is 0 Å². The van der Waals surface area contributed by atoms with Gasteiger partial charge in [-0.3, -0.25) is 4.98 Å². The van der Waals surface area contributed by atoms with Crippen molar-refractivity contribution in [1.82, 2.24) is 4.98 Å². The topological polar surface area (TPSA) is 38.9 Å². The smallest absolute Gasteiger partial charge is 0.123 e. The molecule has 1 unspecified atom stereocenters. The fourth-order valence-corrected chi connectivity index (χ4v) is 2.12. The van der Waals surface area contributed by atoms with E-state index >= 15 is 0 Å². The fourth-order valence-electron chi connectivity index (χ4n) is 2.12. The van der Waals surface area contributed by atoms with E-state index in [9.17, 15) is 4.39 Å².